The van der Waals surface area contributed by atoms with Crippen molar-refractivity contribution in [2.24, 2.45) is 0 Å². The van der Waals surface area contributed by atoms with Gasteiger partial charge in [-0.15, -0.1) is 0 Å². The quantitative estimate of drug-likeness (QED) is 0.824. The largest absolute Gasteiger partial charge is 0.508 e. The fourth-order valence-electron chi connectivity index (χ4n) is 2.10. The normalized spacial score (nSPS) is 11.9. The minimum Gasteiger partial charge on any atom is -0.508 e. The standard InChI is InChI=1S/C16H14N2O5/c1-18(11-3-5-12(19)6-4-11)16(21)15(20)17-10-2-7-13-14(8-10)23-9-22-13/h2-8,19H,9H2,1H3,(H,17,20). The molecule has 0 spiro atoms. The average Bonchev–Trinajstić information content (AvgIpc) is 3.01. The van der Waals surface area contributed by atoms with Gasteiger partial charge in [-0.1, -0.05) is 0 Å². The second kappa shape index (κ2) is 5.88. The number of phenols is 1. The van der Waals surface area contributed by atoms with Crippen molar-refractivity contribution in [3.05, 3.63) is 42.5 Å². The summed E-state index contributed by atoms with van der Waals surface area (Å²) in [4.78, 5) is 25.4. The van der Waals surface area contributed by atoms with E-state index in [4.69, 9.17) is 9.47 Å². The zero-order valence-corrected chi connectivity index (χ0v) is 12.3. The third kappa shape index (κ3) is 3.03. The van der Waals surface area contributed by atoms with Gasteiger partial charge < -0.3 is 24.8 Å². The van der Waals surface area contributed by atoms with Gasteiger partial charge in [0.1, 0.15) is 5.75 Å². The number of phenolic OH excluding ortho intramolecular Hbond substituents is 1. The Bertz CT molecular complexity index is 758. The molecule has 2 N–H and O–H groups in total. The molecule has 7 heteroatoms. The van der Waals surface area contributed by atoms with Crippen LogP contribution in [-0.2, 0) is 9.59 Å². The molecule has 0 aromatic heterocycles. The molecule has 0 bridgehead atoms. The van der Waals surface area contributed by atoms with Crippen LogP contribution in [0, 0.1) is 0 Å². The van der Waals surface area contributed by atoms with Crippen LogP contribution in [0.15, 0.2) is 42.5 Å². The van der Waals surface area contributed by atoms with E-state index in [9.17, 15) is 14.7 Å². The summed E-state index contributed by atoms with van der Waals surface area (Å²) in [5.41, 5.74) is 0.931. The van der Waals surface area contributed by atoms with Crippen LogP contribution in [0.25, 0.3) is 0 Å². The number of anilines is 2. The third-order valence-electron chi connectivity index (χ3n) is 3.37. The van der Waals surface area contributed by atoms with Crippen LogP contribution in [-0.4, -0.2) is 30.8 Å². The van der Waals surface area contributed by atoms with Gasteiger partial charge in [0.15, 0.2) is 11.5 Å². The molecule has 0 unspecified atom stereocenters. The smallest absolute Gasteiger partial charge is 0.316 e. The maximum Gasteiger partial charge on any atom is 0.316 e. The number of nitrogens with zero attached hydrogens (tertiary/aromatic N) is 1. The van der Waals surface area contributed by atoms with Gasteiger partial charge in [-0.05, 0) is 36.4 Å². The Hall–Kier alpha value is -3.22. The summed E-state index contributed by atoms with van der Waals surface area (Å²) in [5.74, 6) is -0.315. The number of aromatic hydroxyl groups is 1. The van der Waals surface area contributed by atoms with Gasteiger partial charge in [-0.3, -0.25) is 9.59 Å². The fraction of sp³-hybridized carbons (Fsp3) is 0.125. The molecule has 7 nitrogen and oxygen atoms in total. The lowest BCUT2D eigenvalue weighted by atomic mass is 10.2. The summed E-state index contributed by atoms with van der Waals surface area (Å²) in [6, 6.07) is 10.8. The number of benzene rings is 2. The maximum absolute atomic E-state index is 12.2. The molecule has 2 aromatic rings. The monoisotopic (exact) mass is 314 g/mol. The number of hydrogen-bond acceptors (Lipinski definition) is 5. The van der Waals surface area contributed by atoms with E-state index in [-0.39, 0.29) is 12.5 Å². The first-order valence-electron chi connectivity index (χ1n) is 6.82. The summed E-state index contributed by atoms with van der Waals surface area (Å²) in [6.07, 6.45) is 0. The predicted molar refractivity (Wildman–Crippen MR) is 82.7 cm³/mol. The van der Waals surface area contributed by atoms with Crippen molar-refractivity contribution in [2.45, 2.75) is 0 Å². The van der Waals surface area contributed by atoms with E-state index in [0.29, 0.717) is 22.9 Å². The Morgan fingerprint density at radius 1 is 1.09 bits per heavy atom. The summed E-state index contributed by atoms with van der Waals surface area (Å²) < 4.78 is 10.4. The Labute approximate surface area is 132 Å². The number of hydrogen-bond donors (Lipinski definition) is 2. The molecule has 1 heterocycles. The summed E-state index contributed by atoms with van der Waals surface area (Å²) in [6.45, 7) is 0.134. The second-order valence-corrected chi connectivity index (χ2v) is 4.90. The predicted octanol–water partition coefficient (Wildman–Crippen LogP) is 1.72. The van der Waals surface area contributed by atoms with Crippen molar-refractivity contribution in [3.63, 3.8) is 0 Å². The Kier molecular flexibility index (Phi) is 3.76. The third-order valence-corrected chi connectivity index (χ3v) is 3.37. The van der Waals surface area contributed by atoms with Crippen LogP contribution in [0.3, 0.4) is 0 Å². The molecular weight excluding hydrogens is 300 g/mol. The minimum atomic E-state index is -0.778. The van der Waals surface area contributed by atoms with Gasteiger partial charge in [0.2, 0.25) is 6.79 Å². The second-order valence-electron chi connectivity index (χ2n) is 4.90. The molecule has 0 saturated carbocycles. The zero-order valence-electron chi connectivity index (χ0n) is 12.3. The van der Waals surface area contributed by atoms with E-state index in [1.165, 1.54) is 24.1 Å². The number of fused-ring (bicyclic) bond motifs is 1. The average molecular weight is 314 g/mol. The Morgan fingerprint density at radius 2 is 1.78 bits per heavy atom. The van der Waals surface area contributed by atoms with Crippen molar-refractivity contribution >= 4 is 23.2 Å². The zero-order chi connectivity index (χ0) is 16.4. The topological polar surface area (TPSA) is 88.1 Å². The van der Waals surface area contributed by atoms with Crippen molar-refractivity contribution in [1.29, 1.82) is 0 Å². The van der Waals surface area contributed by atoms with Crippen LogP contribution in [0.2, 0.25) is 0 Å². The highest BCUT2D eigenvalue weighted by molar-refractivity contribution is 6.44. The lowest BCUT2D eigenvalue weighted by Gasteiger charge is -2.16. The SMILES string of the molecule is CN(C(=O)C(=O)Nc1ccc2c(c1)OCO2)c1ccc(O)cc1. The number of ether oxygens (including phenoxy) is 2. The van der Waals surface area contributed by atoms with Crippen molar-refractivity contribution in [1.82, 2.24) is 0 Å². The number of carbonyl (C=O) groups is 2. The highest BCUT2D eigenvalue weighted by Gasteiger charge is 2.21. The number of amides is 2. The van der Waals surface area contributed by atoms with Crippen molar-refractivity contribution in [2.75, 3.05) is 24.1 Å². The highest BCUT2D eigenvalue weighted by atomic mass is 16.7. The van der Waals surface area contributed by atoms with Gasteiger partial charge in [0.25, 0.3) is 0 Å². The molecule has 0 atom stereocenters. The van der Waals surface area contributed by atoms with Crippen LogP contribution >= 0.6 is 0 Å². The molecule has 0 radical (unpaired) electrons. The maximum atomic E-state index is 12.2. The van der Waals surface area contributed by atoms with Crippen LogP contribution in [0.5, 0.6) is 17.2 Å². The van der Waals surface area contributed by atoms with E-state index >= 15 is 0 Å². The Morgan fingerprint density at radius 3 is 2.52 bits per heavy atom. The van der Waals surface area contributed by atoms with Crippen molar-refractivity contribution < 1.29 is 24.2 Å². The lowest BCUT2D eigenvalue weighted by Crippen LogP contribution is -2.37. The molecule has 0 aliphatic carbocycles. The molecule has 1 aliphatic rings. The number of carbonyl (C=O) groups excluding carboxylic acids is 2. The van der Waals surface area contributed by atoms with E-state index in [0.717, 1.165) is 0 Å². The first-order valence-corrected chi connectivity index (χ1v) is 6.82. The van der Waals surface area contributed by atoms with Gasteiger partial charge in [0, 0.05) is 24.5 Å². The molecule has 2 aromatic carbocycles. The summed E-state index contributed by atoms with van der Waals surface area (Å²) in [7, 11) is 1.48. The number of likely N-dealkylation sites (N-methyl/N-ethyl adjacent to an activating group) is 1. The van der Waals surface area contributed by atoms with E-state index < -0.39 is 11.8 Å². The molecular formula is C16H14N2O5. The van der Waals surface area contributed by atoms with E-state index in [1.54, 1.807) is 30.3 Å². The van der Waals surface area contributed by atoms with Gasteiger partial charge in [-0.2, -0.15) is 0 Å². The molecule has 3 rings (SSSR count). The van der Waals surface area contributed by atoms with Gasteiger partial charge in [0.05, 0.1) is 0 Å². The molecule has 0 fully saturated rings. The van der Waals surface area contributed by atoms with Crippen LogP contribution in [0.4, 0.5) is 11.4 Å². The van der Waals surface area contributed by atoms with Gasteiger partial charge in [-0.25, -0.2) is 0 Å². The van der Waals surface area contributed by atoms with E-state index in [2.05, 4.69) is 5.32 Å². The Balaban J connectivity index is 1.70. The highest BCUT2D eigenvalue weighted by Crippen LogP contribution is 2.34. The molecule has 2 amide bonds. The number of nitrogens with one attached hydrogen (secondary N) is 1. The van der Waals surface area contributed by atoms with E-state index in [1.807, 2.05) is 0 Å². The summed E-state index contributed by atoms with van der Waals surface area (Å²) in [5, 5.41) is 11.8. The first-order chi connectivity index (χ1) is 11.0. The fourth-order valence-corrected chi connectivity index (χ4v) is 2.10. The molecule has 118 valence electrons. The number of rotatable bonds is 2. The van der Waals surface area contributed by atoms with Gasteiger partial charge >= 0.3 is 11.8 Å². The molecule has 0 saturated heterocycles. The molecule has 23 heavy (non-hydrogen) atoms. The first kappa shape index (κ1) is 14.7. The minimum absolute atomic E-state index is 0.0828. The summed E-state index contributed by atoms with van der Waals surface area (Å²) >= 11 is 0. The van der Waals surface area contributed by atoms with Crippen LogP contribution < -0.4 is 19.7 Å². The van der Waals surface area contributed by atoms with Crippen LogP contribution in [0.1, 0.15) is 0 Å². The van der Waals surface area contributed by atoms with Crippen molar-refractivity contribution in [3.8, 4) is 17.2 Å². The molecule has 1 aliphatic heterocycles. The lowest BCUT2D eigenvalue weighted by molar-refractivity contribution is -0.134.